The highest BCUT2D eigenvalue weighted by Crippen LogP contribution is 2.49. The fraction of sp³-hybridized carbons (Fsp3) is 0.316. The first-order chi connectivity index (χ1) is 12.4. The third kappa shape index (κ3) is 6.12. The van der Waals surface area contributed by atoms with Crippen LogP contribution in [-0.4, -0.2) is 25.2 Å². The topological polar surface area (TPSA) is 71.1 Å². The Morgan fingerprint density at radius 2 is 1.27 bits per heavy atom. The van der Waals surface area contributed by atoms with Crippen molar-refractivity contribution in [1.82, 2.24) is 0 Å². The van der Waals surface area contributed by atoms with Gasteiger partial charge in [-0.2, -0.15) is 0 Å². The first-order valence-electron chi connectivity index (χ1n) is 8.37. The molecule has 0 amide bonds. The number of ketones is 1. The zero-order chi connectivity index (χ0) is 19.0. The molecule has 0 aliphatic heterocycles. The molecule has 0 unspecified atom stereocenters. The lowest BCUT2D eigenvalue weighted by molar-refractivity contribution is -0.114. The maximum Gasteiger partial charge on any atom is 0.438 e. The van der Waals surface area contributed by atoms with Crippen LogP contribution < -0.4 is 18.5 Å². The van der Waals surface area contributed by atoms with Gasteiger partial charge in [0.15, 0.2) is 0 Å². The SMILES string of the molecule is CCOc1cccc(OP(=O)(CC(C)=O)Oc2cccc(OCC)c2)c1. The van der Waals surface area contributed by atoms with Gasteiger partial charge in [-0.1, -0.05) is 12.1 Å². The average molecular weight is 378 g/mol. The van der Waals surface area contributed by atoms with Crippen LogP contribution in [0.1, 0.15) is 20.8 Å². The first-order valence-corrected chi connectivity index (χ1v) is 10.1. The first kappa shape index (κ1) is 19.9. The van der Waals surface area contributed by atoms with Gasteiger partial charge < -0.3 is 18.5 Å². The summed E-state index contributed by atoms with van der Waals surface area (Å²) in [4.78, 5) is 11.6. The maximum absolute atomic E-state index is 13.2. The molecular formula is C19H23O6P. The minimum absolute atomic E-state index is 0.296. The van der Waals surface area contributed by atoms with E-state index in [2.05, 4.69) is 0 Å². The molecule has 7 heteroatoms. The summed E-state index contributed by atoms with van der Waals surface area (Å²) in [6, 6.07) is 13.4. The van der Waals surface area contributed by atoms with Crippen molar-refractivity contribution in [3.63, 3.8) is 0 Å². The summed E-state index contributed by atoms with van der Waals surface area (Å²) in [5.74, 6) is 1.48. The van der Waals surface area contributed by atoms with Crippen LogP contribution in [0, 0.1) is 0 Å². The summed E-state index contributed by atoms with van der Waals surface area (Å²) in [5.41, 5.74) is 0. The fourth-order valence-electron chi connectivity index (χ4n) is 2.25. The molecule has 140 valence electrons. The molecule has 0 saturated carbocycles. The average Bonchev–Trinajstić information content (AvgIpc) is 2.55. The molecule has 0 N–H and O–H groups in total. The molecule has 2 aromatic rings. The van der Waals surface area contributed by atoms with E-state index in [0.717, 1.165) is 0 Å². The van der Waals surface area contributed by atoms with E-state index < -0.39 is 7.60 Å². The van der Waals surface area contributed by atoms with E-state index in [1.807, 2.05) is 13.8 Å². The Morgan fingerprint density at radius 3 is 1.65 bits per heavy atom. The maximum atomic E-state index is 13.2. The molecule has 0 aliphatic rings. The summed E-state index contributed by atoms with van der Waals surface area (Å²) < 4.78 is 35.2. The number of carbonyl (C=O) groups excluding carboxylic acids is 1. The van der Waals surface area contributed by atoms with Gasteiger partial charge in [0, 0.05) is 12.1 Å². The number of rotatable bonds is 10. The summed E-state index contributed by atoms with van der Waals surface area (Å²) in [6.45, 7) is 6.06. The predicted octanol–water partition coefficient (Wildman–Crippen LogP) is 4.72. The second-order valence-electron chi connectivity index (χ2n) is 5.47. The van der Waals surface area contributed by atoms with E-state index in [4.69, 9.17) is 18.5 Å². The standard InChI is InChI=1S/C19H23O6P/c1-4-22-16-8-6-10-18(12-16)24-26(21,14-15(3)20)25-19-11-7-9-17(13-19)23-5-2/h6-13H,4-5,14H2,1-3H3. The minimum atomic E-state index is -3.76. The summed E-state index contributed by atoms with van der Waals surface area (Å²) >= 11 is 0. The fourth-order valence-corrected chi connectivity index (χ4v) is 3.83. The van der Waals surface area contributed by atoms with Gasteiger partial charge in [0.05, 0.1) is 13.2 Å². The lowest BCUT2D eigenvalue weighted by atomic mass is 10.3. The van der Waals surface area contributed by atoms with E-state index in [1.54, 1.807) is 48.5 Å². The number of Topliss-reactive ketones (excluding diaryl/α,β-unsaturated/α-hetero) is 1. The van der Waals surface area contributed by atoms with Crippen LogP contribution in [-0.2, 0) is 9.36 Å². The molecule has 0 atom stereocenters. The lowest BCUT2D eigenvalue weighted by Gasteiger charge is -2.20. The molecule has 0 bridgehead atoms. The van der Waals surface area contributed by atoms with Gasteiger partial charge in [0.1, 0.15) is 34.9 Å². The third-order valence-electron chi connectivity index (χ3n) is 3.14. The highest BCUT2D eigenvalue weighted by molar-refractivity contribution is 7.55. The predicted molar refractivity (Wildman–Crippen MR) is 99.6 cm³/mol. The Hall–Kier alpha value is -2.46. The molecule has 0 heterocycles. The van der Waals surface area contributed by atoms with Gasteiger partial charge in [-0.3, -0.25) is 4.79 Å². The number of hydrogen-bond donors (Lipinski definition) is 0. The zero-order valence-corrected chi connectivity index (χ0v) is 16.0. The molecular weight excluding hydrogens is 355 g/mol. The van der Waals surface area contributed by atoms with Crippen LogP contribution in [0.2, 0.25) is 0 Å². The van der Waals surface area contributed by atoms with Gasteiger partial charge in [-0.15, -0.1) is 0 Å². The van der Waals surface area contributed by atoms with Gasteiger partial charge in [0.2, 0.25) is 0 Å². The van der Waals surface area contributed by atoms with E-state index >= 15 is 0 Å². The molecule has 2 rings (SSSR count). The van der Waals surface area contributed by atoms with Crippen molar-refractivity contribution in [2.24, 2.45) is 0 Å². The second-order valence-corrected chi connectivity index (χ2v) is 7.37. The second kappa shape index (κ2) is 9.30. The van der Waals surface area contributed by atoms with Crippen LogP contribution in [0.4, 0.5) is 0 Å². The van der Waals surface area contributed by atoms with E-state index in [9.17, 15) is 9.36 Å². The van der Waals surface area contributed by atoms with Crippen molar-refractivity contribution in [1.29, 1.82) is 0 Å². The Balaban J connectivity index is 2.24. The molecule has 0 aliphatic carbocycles. The van der Waals surface area contributed by atoms with Gasteiger partial charge in [0.25, 0.3) is 0 Å². The quantitative estimate of drug-likeness (QED) is 0.557. The Bertz CT molecular complexity index is 734. The highest BCUT2D eigenvalue weighted by atomic mass is 31.2. The molecule has 0 radical (unpaired) electrons. The third-order valence-corrected chi connectivity index (χ3v) is 4.95. The number of benzene rings is 2. The Kier molecular flexibility index (Phi) is 7.10. The minimum Gasteiger partial charge on any atom is -0.494 e. The monoisotopic (exact) mass is 378 g/mol. The van der Waals surface area contributed by atoms with Crippen LogP contribution >= 0.6 is 7.60 Å². The number of ether oxygens (including phenoxy) is 2. The van der Waals surface area contributed by atoms with Crippen molar-refractivity contribution >= 4 is 13.4 Å². The van der Waals surface area contributed by atoms with Crippen molar-refractivity contribution in [3.05, 3.63) is 48.5 Å². The van der Waals surface area contributed by atoms with Gasteiger partial charge >= 0.3 is 7.60 Å². The molecule has 0 saturated heterocycles. The van der Waals surface area contributed by atoms with E-state index in [0.29, 0.717) is 36.2 Å². The molecule has 0 spiro atoms. The van der Waals surface area contributed by atoms with Crippen molar-refractivity contribution < 1.29 is 27.9 Å². The lowest BCUT2D eigenvalue weighted by Crippen LogP contribution is -2.10. The van der Waals surface area contributed by atoms with Crippen molar-refractivity contribution in [3.8, 4) is 23.0 Å². The van der Waals surface area contributed by atoms with Crippen LogP contribution in [0.3, 0.4) is 0 Å². The van der Waals surface area contributed by atoms with Crippen LogP contribution in [0.15, 0.2) is 48.5 Å². The van der Waals surface area contributed by atoms with Crippen molar-refractivity contribution in [2.75, 3.05) is 19.4 Å². The van der Waals surface area contributed by atoms with E-state index in [1.165, 1.54) is 6.92 Å². The Labute approximate surface area is 153 Å². The van der Waals surface area contributed by atoms with Gasteiger partial charge in [-0.25, -0.2) is 4.57 Å². The summed E-state index contributed by atoms with van der Waals surface area (Å²) in [6.07, 6.45) is -0.343. The van der Waals surface area contributed by atoms with Gasteiger partial charge in [-0.05, 0) is 45.0 Å². The van der Waals surface area contributed by atoms with E-state index in [-0.39, 0.29) is 11.9 Å². The smallest absolute Gasteiger partial charge is 0.438 e. The number of hydrogen-bond acceptors (Lipinski definition) is 6. The van der Waals surface area contributed by atoms with Crippen LogP contribution in [0.5, 0.6) is 23.0 Å². The van der Waals surface area contributed by atoms with Crippen molar-refractivity contribution in [2.45, 2.75) is 20.8 Å². The summed E-state index contributed by atoms with van der Waals surface area (Å²) in [7, 11) is -3.76. The summed E-state index contributed by atoms with van der Waals surface area (Å²) in [5, 5.41) is 0. The highest BCUT2D eigenvalue weighted by Gasteiger charge is 2.30. The molecule has 6 nitrogen and oxygen atoms in total. The normalized spacial score (nSPS) is 10.9. The molecule has 2 aromatic carbocycles. The molecule has 0 aromatic heterocycles. The zero-order valence-electron chi connectivity index (χ0n) is 15.1. The molecule has 0 fully saturated rings. The van der Waals surface area contributed by atoms with Crippen LogP contribution in [0.25, 0.3) is 0 Å². The number of carbonyl (C=O) groups is 1. The largest absolute Gasteiger partial charge is 0.494 e. The molecule has 26 heavy (non-hydrogen) atoms. The Morgan fingerprint density at radius 1 is 0.846 bits per heavy atom.